The number of rotatable bonds is 4. The zero-order chi connectivity index (χ0) is 13.5. The van der Waals surface area contributed by atoms with Gasteiger partial charge >= 0.3 is 0 Å². The minimum absolute atomic E-state index is 0.180. The summed E-state index contributed by atoms with van der Waals surface area (Å²) in [4.78, 5) is 27.8. The molecule has 2 heterocycles. The molecule has 0 unspecified atom stereocenters. The van der Waals surface area contributed by atoms with E-state index in [1.807, 2.05) is 0 Å². The Morgan fingerprint density at radius 1 is 1.26 bits per heavy atom. The summed E-state index contributed by atoms with van der Waals surface area (Å²) in [5.41, 5.74) is 0.166. The van der Waals surface area contributed by atoms with Gasteiger partial charge in [-0.05, 0) is 32.0 Å². The fourth-order valence-corrected chi connectivity index (χ4v) is 2.38. The van der Waals surface area contributed by atoms with E-state index in [4.69, 9.17) is 0 Å². The molecule has 0 atom stereocenters. The third kappa shape index (κ3) is 4.52. The van der Waals surface area contributed by atoms with Gasteiger partial charge in [-0.15, -0.1) is 0 Å². The van der Waals surface area contributed by atoms with Gasteiger partial charge in [-0.2, -0.15) is 0 Å². The minimum atomic E-state index is -0.250. The molecular formula is C14H21N3O2. The predicted molar refractivity (Wildman–Crippen MR) is 74.3 cm³/mol. The average Bonchev–Trinajstić information content (AvgIpc) is 2.67. The molecule has 0 saturated carbocycles. The van der Waals surface area contributed by atoms with Crippen LogP contribution in [-0.4, -0.2) is 42.0 Å². The molecule has 5 nitrogen and oxygen atoms in total. The highest BCUT2D eigenvalue weighted by Gasteiger charge is 2.10. The highest BCUT2D eigenvalue weighted by Crippen LogP contribution is 2.08. The van der Waals surface area contributed by atoms with E-state index in [1.165, 1.54) is 37.9 Å². The zero-order valence-corrected chi connectivity index (χ0v) is 11.2. The van der Waals surface area contributed by atoms with Gasteiger partial charge in [0, 0.05) is 30.9 Å². The summed E-state index contributed by atoms with van der Waals surface area (Å²) in [6.07, 6.45) is 6.63. The lowest BCUT2D eigenvalue weighted by molar-refractivity contribution is 0.0948. The third-order valence-electron chi connectivity index (χ3n) is 3.45. The number of nitrogens with zero attached hydrogens (tertiary/aromatic N) is 1. The van der Waals surface area contributed by atoms with Gasteiger partial charge in [-0.25, -0.2) is 0 Å². The first-order valence-corrected chi connectivity index (χ1v) is 6.95. The van der Waals surface area contributed by atoms with Crippen molar-refractivity contribution in [2.24, 2.45) is 0 Å². The Kier molecular flexibility index (Phi) is 5.15. The summed E-state index contributed by atoms with van der Waals surface area (Å²) in [6, 6.07) is 2.93. The first kappa shape index (κ1) is 13.8. The summed E-state index contributed by atoms with van der Waals surface area (Å²) in [7, 11) is 0. The van der Waals surface area contributed by atoms with Crippen molar-refractivity contribution in [2.75, 3.05) is 26.2 Å². The number of hydrogen-bond acceptors (Lipinski definition) is 3. The number of likely N-dealkylation sites (tertiary alicyclic amines) is 1. The van der Waals surface area contributed by atoms with Gasteiger partial charge in [0.25, 0.3) is 5.91 Å². The molecule has 19 heavy (non-hydrogen) atoms. The van der Waals surface area contributed by atoms with Crippen LogP contribution in [0.1, 0.15) is 36.0 Å². The standard InChI is InChI=1S/C14H21N3O2/c18-13-11-12(5-6-15-13)14(19)16-7-10-17-8-3-1-2-4-9-17/h5-6,11H,1-4,7-10H2,(H,15,18)(H,16,19). The Morgan fingerprint density at radius 2 is 2.00 bits per heavy atom. The molecule has 1 amide bonds. The Balaban J connectivity index is 1.76. The molecule has 1 saturated heterocycles. The average molecular weight is 263 g/mol. The van der Waals surface area contributed by atoms with Crippen LogP contribution in [0.5, 0.6) is 0 Å². The molecule has 5 heteroatoms. The lowest BCUT2D eigenvalue weighted by Crippen LogP contribution is -2.35. The first-order valence-electron chi connectivity index (χ1n) is 6.95. The molecule has 1 fully saturated rings. The molecule has 1 aliphatic heterocycles. The van der Waals surface area contributed by atoms with Gasteiger partial charge in [0.15, 0.2) is 0 Å². The molecule has 1 aromatic rings. The van der Waals surface area contributed by atoms with E-state index in [-0.39, 0.29) is 11.5 Å². The van der Waals surface area contributed by atoms with Crippen molar-refractivity contribution in [1.82, 2.24) is 15.2 Å². The van der Waals surface area contributed by atoms with Crippen molar-refractivity contribution in [1.29, 1.82) is 0 Å². The van der Waals surface area contributed by atoms with Crippen molar-refractivity contribution in [3.05, 3.63) is 34.2 Å². The van der Waals surface area contributed by atoms with E-state index >= 15 is 0 Å². The molecule has 0 aromatic carbocycles. The summed E-state index contributed by atoms with van der Waals surface area (Å²) >= 11 is 0. The van der Waals surface area contributed by atoms with Gasteiger partial charge in [-0.3, -0.25) is 9.59 Å². The van der Waals surface area contributed by atoms with E-state index < -0.39 is 0 Å². The lowest BCUT2D eigenvalue weighted by Gasteiger charge is -2.19. The largest absolute Gasteiger partial charge is 0.351 e. The van der Waals surface area contributed by atoms with Crippen LogP contribution in [0.25, 0.3) is 0 Å². The van der Waals surface area contributed by atoms with Gasteiger partial charge in [0.1, 0.15) is 0 Å². The van der Waals surface area contributed by atoms with Crippen molar-refractivity contribution >= 4 is 5.91 Å². The number of pyridine rings is 1. The van der Waals surface area contributed by atoms with Crippen molar-refractivity contribution in [3.63, 3.8) is 0 Å². The van der Waals surface area contributed by atoms with Gasteiger partial charge < -0.3 is 15.2 Å². The second-order valence-corrected chi connectivity index (χ2v) is 4.95. The predicted octanol–water partition coefficient (Wildman–Crippen LogP) is 0.981. The number of carbonyl (C=O) groups is 1. The van der Waals surface area contributed by atoms with E-state index in [2.05, 4.69) is 15.2 Å². The fourth-order valence-electron chi connectivity index (χ4n) is 2.38. The number of aromatic nitrogens is 1. The molecule has 1 aliphatic rings. The van der Waals surface area contributed by atoms with Crippen LogP contribution in [0.15, 0.2) is 23.1 Å². The smallest absolute Gasteiger partial charge is 0.251 e. The van der Waals surface area contributed by atoms with Gasteiger partial charge in [-0.1, -0.05) is 12.8 Å². The summed E-state index contributed by atoms with van der Waals surface area (Å²) in [6.45, 7) is 3.77. The molecule has 0 spiro atoms. The SMILES string of the molecule is O=C(NCCN1CCCCCC1)c1cc[nH]c(=O)c1. The van der Waals surface area contributed by atoms with E-state index in [0.717, 1.165) is 19.6 Å². The Hall–Kier alpha value is -1.62. The molecule has 0 aliphatic carbocycles. The molecule has 0 radical (unpaired) electrons. The molecule has 0 bridgehead atoms. The van der Waals surface area contributed by atoms with E-state index in [9.17, 15) is 9.59 Å². The Labute approximate surface area is 113 Å². The highest BCUT2D eigenvalue weighted by molar-refractivity contribution is 5.93. The molecule has 1 aromatic heterocycles. The van der Waals surface area contributed by atoms with Crippen LogP contribution in [-0.2, 0) is 0 Å². The molecule has 2 N–H and O–H groups in total. The topological polar surface area (TPSA) is 65.2 Å². The van der Waals surface area contributed by atoms with Crippen LogP contribution >= 0.6 is 0 Å². The zero-order valence-electron chi connectivity index (χ0n) is 11.2. The van der Waals surface area contributed by atoms with E-state index in [0.29, 0.717) is 12.1 Å². The summed E-state index contributed by atoms with van der Waals surface area (Å²) in [5, 5.41) is 2.86. The molecule has 104 valence electrons. The van der Waals surface area contributed by atoms with Crippen LogP contribution < -0.4 is 10.9 Å². The monoisotopic (exact) mass is 263 g/mol. The van der Waals surface area contributed by atoms with Crippen LogP contribution in [0.3, 0.4) is 0 Å². The quantitative estimate of drug-likeness (QED) is 0.851. The van der Waals surface area contributed by atoms with E-state index in [1.54, 1.807) is 6.07 Å². The number of amides is 1. The maximum absolute atomic E-state index is 11.8. The van der Waals surface area contributed by atoms with Crippen molar-refractivity contribution < 1.29 is 4.79 Å². The number of H-pyrrole nitrogens is 1. The van der Waals surface area contributed by atoms with Crippen molar-refractivity contribution in [3.8, 4) is 0 Å². The van der Waals surface area contributed by atoms with Gasteiger partial charge in [0.2, 0.25) is 5.56 Å². The number of hydrogen-bond donors (Lipinski definition) is 2. The second kappa shape index (κ2) is 7.09. The lowest BCUT2D eigenvalue weighted by atomic mass is 10.2. The van der Waals surface area contributed by atoms with Crippen molar-refractivity contribution in [2.45, 2.75) is 25.7 Å². The summed E-state index contributed by atoms with van der Waals surface area (Å²) in [5.74, 6) is -0.180. The van der Waals surface area contributed by atoms with Crippen LogP contribution in [0.4, 0.5) is 0 Å². The summed E-state index contributed by atoms with van der Waals surface area (Å²) < 4.78 is 0. The first-order chi connectivity index (χ1) is 9.25. The van der Waals surface area contributed by atoms with Gasteiger partial charge in [0.05, 0.1) is 0 Å². The molecule has 2 rings (SSSR count). The van der Waals surface area contributed by atoms with Crippen LogP contribution in [0, 0.1) is 0 Å². The highest BCUT2D eigenvalue weighted by atomic mass is 16.2. The number of nitrogens with one attached hydrogen (secondary N) is 2. The Morgan fingerprint density at radius 3 is 2.68 bits per heavy atom. The normalized spacial score (nSPS) is 16.8. The Bertz CT molecular complexity index is 462. The maximum atomic E-state index is 11.8. The number of carbonyl (C=O) groups excluding carboxylic acids is 1. The maximum Gasteiger partial charge on any atom is 0.251 e. The molecular weight excluding hydrogens is 242 g/mol. The van der Waals surface area contributed by atoms with Crippen LogP contribution in [0.2, 0.25) is 0 Å². The second-order valence-electron chi connectivity index (χ2n) is 4.95. The number of aromatic amines is 1. The fraction of sp³-hybridized carbons (Fsp3) is 0.571. The third-order valence-corrected chi connectivity index (χ3v) is 3.45. The minimum Gasteiger partial charge on any atom is -0.351 e.